The highest BCUT2D eigenvalue weighted by Gasteiger charge is 2.44. The molecule has 0 bridgehead atoms. The van der Waals surface area contributed by atoms with Gasteiger partial charge in [-0.25, -0.2) is 4.98 Å². The summed E-state index contributed by atoms with van der Waals surface area (Å²) in [6.07, 6.45) is 5.48. The zero-order valence-electron chi connectivity index (χ0n) is 18.1. The van der Waals surface area contributed by atoms with Crippen molar-refractivity contribution in [3.8, 4) is 11.3 Å². The Morgan fingerprint density at radius 2 is 1.81 bits per heavy atom. The molecule has 0 atom stereocenters. The molecule has 1 fully saturated rings. The number of thioether (sulfide) groups is 1. The van der Waals surface area contributed by atoms with E-state index in [0.717, 1.165) is 52.6 Å². The molecule has 0 aliphatic heterocycles. The number of allylic oxidation sites excluding steroid dienone is 1. The van der Waals surface area contributed by atoms with Gasteiger partial charge < -0.3 is 0 Å². The second-order valence-corrected chi connectivity index (χ2v) is 10.0. The van der Waals surface area contributed by atoms with Gasteiger partial charge in [0.1, 0.15) is 0 Å². The van der Waals surface area contributed by atoms with Crippen molar-refractivity contribution in [3.63, 3.8) is 0 Å². The lowest BCUT2D eigenvalue weighted by Crippen LogP contribution is -2.40. The third-order valence-electron chi connectivity index (χ3n) is 6.67. The van der Waals surface area contributed by atoms with Crippen LogP contribution in [0.3, 0.4) is 0 Å². The lowest BCUT2D eigenvalue weighted by atomic mass is 9.68. The second kappa shape index (κ2) is 8.16. The van der Waals surface area contributed by atoms with Gasteiger partial charge in [0, 0.05) is 23.3 Å². The fourth-order valence-electron chi connectivity index (χ4n) is 5.29. The molecule has 2 aromatic carbocycles. The number of aromatic nitrogens is 2. The van der Waals surface area contributed by atoms with Crippen LogP contribution in [0.5, 0.6) is 0 Å². The van der Waals surface area contributed by atoms with Gasteiger partial charge in [-0.15, -0.1) is 0 Å². The number of fused-ring (bicyclic) bond motifs is 4. The highest BCUT2D eigenvalue weighted by Crippen LogP contribution is 2.50. The maximum atomic E-state index is 14.0. The number of nitrogens with zero attached hydrogens (tertiary/aromatic N) is 2. The minimum Gasteiger partial charge on any atom is -0.283 e. The van der Waals surface area contributed by atoms with E-state index in [1.807, 2.05) is 17.6 Å². The van der Waals surface area contributed by atoms with Crippen LogP contribution in [0, 0.1) is 0 Å². The molecule has 31 heavy (non-hydrogen) atoms. The summed E-state index contributed by atoms with van der Waals surface area (Å²) >= 11 is 1.65. The Labute approximate surface area is 188 Å². The molecular weight excluding hydrogens is 400 g/mol. The van der Waals surface area contributed by atoms with Crippen molar-refractivity contribution in [2.24, 2.45) is 0 Å². The Kier molecular flexibility index (Phi) is 5.35. The molecule has 3 aromatic rings. The molecule has 0 radical (unpaired) electrons. The summed E-state index contributed by atoms with van der Waals surface area (Å²) in [5, 5.41) is 0.792. The van der Waals surface area contributed by atoms with Crippen molar-refractivity contribution in [2.75, 3.05) is 0 Å². The summed E-state index contributed by atoms with van der Waals surface area (Å²) in [4.78, 5) is 19.2. The zero-order valence-corrected chi connectivity index (χ0v) is 18.9. The monoisotopic (exact) mass is 428 g/mol. The molecule has 1 spiro atoms. The largest absolute Gasteiger partial charge is 0.283 e. The third kappa shape index (κ3) is 3.67. The Balaban J connectivity index is 1.69. The molecule has 2 aliphatic rings. The molecule has 2 aliphatic carbocycles. The molecule has 0 unspecified atom stereocenters. The standard InChI is InChI=1S/C27H28N2OS/c1-19(2)17-29-25(30)23-24(28-26(29)31-18-20-10-4-3-5-11-20)22-13-7-6-12-21(22)16-27(23)14-8-9-15-27/h3-7,10-13H,1,8-9,14-18H2,2H3. The first-order valence-corrected chi connectivity index (χ1v) is 12.1. The Hall–Kier alpha value is -2.59. The number of hydrogen-bond acceptors (Lipinski definition) is 3. The average Bonchev–Trinajstić information content (AvgIpc) is 3.23. The lowest BCUT2D eigenvalue weighted by Gasteiger charge is -2.36. The predicted molar refractivity (Wildman–Crippen MR) is 129 cm³/mol. The SMILES string of the molecule is C=C(C)Cn1c(SCc2ccccc2)nc2c(c1=O)C1(CCCC1)Cc1ccccc1-2. The zero-order chi connectivity index (χ0) is 21.4. The Bertz CT molecular complexity index is 1190. The minimum atomic E-state index is -0.0623. The van der Waals surface area contributed by atoms with Crippen molar-refractivity contribution >= 4 is 11.8 Å². The van der Waals surface area contributed by atoms with Crippen LogP contribution in [0.1, 0.15) is 49.3 Å². The third-order valence-corrected chi connectivity index (χ3v) is 7.71. The van der Waals surface area contributed by atoms with E-state index < -0.39 is 0 Å². The van der Waals surface area contributed by atoms with Gasteiger partial charge in [0.05, 0.1) is 11.3 Å². The highest BCUT2D eigenvalue weighted by atomic mass is 32.2. The van der Waals surface area contributed by atoms with Gasteiger partial charge in [-0.1, -0.05) is 91.4 Å². The van der Waals surface area contributed by atoms with Gasteiger partial charge in [-0.3, -0.25) is 9.36 Å². The molecule has 0 amide bonds. The molecule has 1 saturated carbocycles. The van der Waals surface area contributed by atoms with Crippen LogP contribution in [0.25, 0.3) is 11.3 Å². The summed E-state index contributed by atoms with van der Waals surface area (Å²) in [5.41, 5.74) is 6.62. The molecule has 4 heteroatoms. The van der Waals surface area contributed by atoms with Crippen LogP contribution in [0.4, 0.5) is 0 Å². The fraction of sp³-hybridized carbons (Fsp3) is 0.333. The topological polar surface area (TPSA) is 34.9 Å². The highest BCUT2D eigenvalue weighted by molar-refractivity contribution is 7.98. The maximum Gasteiger partial charge on any atom is 0.258 e. The summed E-state index contributed by atoms with van der Waals surface area (Å²) in [7, 11) is 0. The number of rotatable bonds is 5. The van der Waals surface area contributed by atoms with Gasteiger partial charge in [0.15, 0.2) is 5.16 Å². The summed E-state index contributed by atoms with van der Waals surface area (Å²) in [6.45, 7) is 6.60. The van der Waals surface area contributed by atoms with E-state index in [9.17, 15) is 4.79 Å². The molecule has 1 heterocycles. The normalized spacial score (nSPS) is 16.2. The van der Waals surface area contributed by atoms with E-state index in [1.54, 1.807) is 11.8 Å². The van der Waals surface area contributed by atoms with Crippen LogP contribution in [-0.2, 0) is 24.1 Å². The van der Waals surface area contributed by atoms with Crippen molar-refractivity contribution in [1.29, 1.82) is 0 Å². The first kappa shape index (κ1) is 20.3. The van der Waals surface area contributed by atoms with Gasteiger partial charge in [0.25, 0.3) is 5.56 Å². The van der Waals surface area contributed by atoms with Crippen molar-refractivity contribution in [3.05, 3.63) is 93.8 Å². The summed E-state index contributed by atoms with van der Waals surface area (Å²) < 4.78 is 1.88. The molecule has 1 aromatic heterocycles. The van der Waals surface area contributed by atoms with Crippen LogP contribution < -0.4 is 5.56 Å². The average molecular weight is 429 g/mol. The molecule has 5 rings (SSSR count). The van der Waals surface area contributed by atoms with Gasteiger partial charge in [-0.05, 0) is 37.3 Å². The first-order valence-electron chi connectivity index (χ1n) is 11.1. The predicted octanol–water partition coefficient (Wildman–Crippen LogP) is 6.15. The quantitative estimate of drug-likeness (QED) is 0.278. The van der Waals surface area contributed by atoms with E-state index in [4.69, 9.17) is 4.98 Å². The Morgan fingerprint density at radius 3 is 2.55 bits per heavy atom. The number of hydrogen-bond donors (Lipinski definition) is 0. The van der Waals surface area contributed by atoms with Gasteiger partial charge >= 0.3 is 0 Å². The molecule has 158 valence electrons. The number of benzene rings is 2. The first-order chi connectivity index (χ1) is 15.1. The van der Waals surface area contributed by atoms with Crippen LogP contribution in [-0.4, -0.2) is 9.55 Å². The van der Waals surface area contributed by atoms with E-state index in [0.29, 0.717) is 6.54 Å². The van der Waals surface area contributed by atoms with E-state index >= 15 is 0 Å². The van der Waals surface area contributed by atoms with Crippen molar-refractivity contribution in [2.45, 2.75) is 61.9 Å². The van der Waals surface area contributed by atoms with Crippen LogP contribution in [0.2, 0.25) is 0 Å². The second-order valence-electron chi connectivity index (χ2n) is 9.06. The van der Waals surface area contributed by atoms with Crippen LogP contribution in [0.15, 0.2) is 76.7 Å². The van der Waals surface area contributed by atoms with Crippen LogP contribution >= 0.6 is 11.8 Å². The smallest absolute Gasteiger partial charge is 0.258 e. The lowest BCUT2D eigenvalue weighted by molar-refractivity contribution is 0.417. The maximum absolute atomic E-state index is 14.0. The van der Waals surface area contributed by atoms with Crippen molar-refractivity contribution < 1.29 is 0 Å². The van der Waals surface area contributed by atoms with Crippen molar-refractivity contribution in [1.82, 2.24) is 9.55 Å². The Morgan fingerprint density at radius 1 is 1.10 bits per heavy atom. The van der Waals surface area contributed by atoms with Gasteiger partial charge in [0.2, 0.25) is 0 Å². The molecular formula is C27H28N2OS. The van der Waals surface area contributed by atoms with E-state index in [1.165, 1.54) is 24.0 Å². The minimum absolute atomic E-state index is 0.0623. The fourth-order valence-corrected chi connectivity index (χ4v) is 6.23. The molecule has 3 nitrogen and oxygen atoms in total. The van der Waals surface area contributed by atoms with E-state index in [-0.39, 0.29) is 11.0 Å². The summed E-state index contributed by atoms with van der Waals surface area (Å²) in [6, 6.07) is 18.9. The van der Waals surface area contributed by atoms with E-state index in [2.05, 4.69) is 55.1 Å². The molecule has 0 N–H and O–H groups in total. The summed E-state index contributed by atoms with van der Waals surface area (Å²) in [5.74, 6) is 0.787. The molecule has 0 saturated heterocycles. The van der Waals surface area contributed by atoms with Gasteiger partial charge in [-0.2, -0.15) is 0 Å².